The highest BCUT2D eigenvalue weighted by atomic mass is 35.5. The fraction of sp³-hybridized carbons (Fsp3) is 0.158. The maximum absolute atomic E-state index is 12.4. The molecule has 0 saturated heterocycles. The summed E-state index contributed by atoms with van der Waals surface area (Å²) in [5.41, 5.74) is 0.733. The maximum Gasteiger partial charge on any atom is 0.265 e. The molecular weight excluding hydrogens is 375 g/mol. The molecule has 0 saturated carbocycles. The summed E-state index contributed by atoms with van der Waals surface area (Å²) < 4.78 is 5.58. The number of rotatable bonds is 7. The monoisotopic (exact) mass is 392 g/mol. The first-order valence-electron chi connectivity index (χ1n) is 7.83. The number of para-hydroxylation sites is 1. The number of carbonyl (C=O) groups excluding carboxylic acids is 2. The SMILES string of the molecule is C=CCNC(=O)c1ccccc1NC(=O)C(C)Oc1ccc(Cl)cc1Cl. The van der Waals surface area contributed by atoms with Crippen LogP contribution in [0.4, 0.5) is 5.69 Å². The molecule has 0 aromatic heterocycles. The number of carbonyl (C=O) groups is 2. The lowest BCUT2D eigenvalue weighted by Gasteiger charge is -2.17. The van der Waals surface area contributed by atoms with Crippen molar-refractivity contribution in [2.45, 2.75) is 13.0 Å². The average Bonchev–Trinajstić information content (AvgIpc) is 2.62. The normalized spacial score (nSPS) is 11.3. The van der Waals surface area contributed by atoms with Gasteiger partial charge < -0.3 is 15.4 Å². The van der Waals surface area contributed by atoms with Gasteiger partial charge in [0.05, 0.1) is 16.3 Å². The summed E-state index contributed by atoms with van der Waals surface area (Å²) in [4.78, 5) is 24.6. The van der Waals surface area contributed by atoms with E-state index in [4.69, 9.17) is 27.9 Å². The average molecular weight is 393 g/mol. The number of anilines is 1. The Morgan fingerprint density at radius 2 is 1.96 bits per heavy atom. The third kappa shape index (κ3) is 5.25. The molecule has 5 nitrogen and oxygen atoms in total. The summed E-state index contributed by atoms with van der Waals surface area (Å²) in [5.74, 6) is -0.383. The van der Waals surface area contributed by atoms with Gasteiger partial charge >= 0.3 is 0 Å². The Labute approximate surface area is 161 Å². The molecular formula is C19H18Cl2N2O3. The van der Waals surface area contributed by atoms with E-state index < -0.39 is 12.0 Å². The highest BCUT2D eigenvalue weighted by Gasteiger charge is 2.19. The van der Waals surface area contributed by atoms with Gasteiger partial charge in [0, 0.05) is 11.6 Å². The quantitative estimate of drug-likeness (QED) is 0.689. The molecule has 0 aliphatic heterocycles. The van der Waals surface area contributed by atoms with Crippen molar-refractivity contribution in [2.75, 3.05) is 11.9 Å². The van der Waals surface area contributed by atoms with E-state index in [0.717, 1.165) is 0 Å². The molecule has 26 heavy (non-hydrogen) atoms. The minimum Gasteiger partial charge on any atom is -0.479 e. The van der Waals surface area contributed by atoms with Gasteiger partial charge in [0.15, 0.2) is 6.10 Å². The van der Waals surface area contributed by atoms with E-state index in [1.54, 1.807) is 49.4 Å². The van der Waals surface area contributed by atoms with Crippen LogP contribution in [-0.2, 0) is 4.79 Å². The third-order valence-corrected chi connectivity index (χ3v) is 3.93. The number of benzene rings is 2. The third-order valence-electron chi connectivity index (χ3n) is 3.40. The molecule has 136 valence electrons. The molecule has 0 spiro atoms. The molecule has 0 heterocycles. The first kappa shape index (κ1) is 19.8. The van der Waals surface area contributed by atoms with E-state index in [2.05, 4.69) is 17.2 Å². The zero-order valence-electron chi connectivity index (χ0n) is 14.1. The molecule has 2 amide bonds. The fourth-order valence-corrected chi connectivity index (χ4v) is 2.55. The summed E-state index contributed by atoms with van der Waals surface area (Å²) >= 11 is 11.9. The maximum atomic E-state index is 12.4. The first-order chi connectivity index (χ1) is 12.4. The van der Waals surface area contributed by atoms with Gasteiger partial charge in [-0.25, -0.2) is 0 Å². The van der Waals surface area contributed by atoms with Gasteiger partial charge in [-0.2, -0.15) is 0 Å². The van der Waals surface area contributed by atoms with Crippen molar-refractivity contribution in [1.29, 1.82) is 0 Å². The fourth-order valence-electron chi connectivity index (χ4n) is 2.10. The van der Waals surface area contributed by atoms with Crippen LogP contribution >= 0.6 is 23.2 Å². The molecule has 0 fully saturated rings. The van der Waals surface area contributed by atoms with Gasteiger partial charge in [-0.3, -0.25) is 9.59 Å². The number of halogens is 2. The topological polar surface area (TPSA) is 67.4 Å². The minimum absolute atomic E-state index is 0.307. The van der Waals surface area contributed by atoms with E-state index in [-0.39, 0.29) is 5.91 Å². The summed E-state index contributed by atoms with van der Waals surface area (Å²) in [7, 11) is 0. The van der Waals surface area contributed by atoms with Gasteiger partial charge in [0.1, 0.15) is 5.75 Å². The van der Waals surface area contributed by atoms with Gasteiger partial charge in [-0.15, -0.1) is 6.58 Å². The Balaban J connectivity index is 2.09. The van der Waals surface area contributed by atoms with Gasteiger partial charge in [0.2, 0.25) is 0 Å². The molecule has 0 radical (unpaired) electrons. The second-order valence-corrected chi connectivity index (χ2v) is 6.21. The Morgan fingerprint density at radius 3 is 2.65 bits per heavy atom. The van der Waals surface area contributed by atoms with Crippen molar-refractivity contribution in [2.24, 2.45) is 0 Å². The summed E-state index contributed by atoms with van der Waals surface area (Å²) in [6, 6.07) is 11.4. The highest BCUT2D eigenvalue weighted by Crippen LogP contribution is 2.28. The van der Waals surface area contributed by atoms with Gasteiger partial charge in [-0.1, -0.05) is 41.4 Å². The van der Waals surface area contributed by atoms with E-state index in [1.807, 2.05) is 0 Å². The smallest absolute Gasteiger partial charge is 0.265 e. The molecule has 1 unspecified atom stereocenters. The van der Waals surface area contributed by atoms with Crippen LogP contribution in [0.3, 0.4) is 0 Å². The number of hydrogen-bond acceptors (Lipinski definition) is 3. The Morgan fingerprint density at radius 1 is 1.23 bits per heavy atom. The van der Waals surface area contributed by atoms with Crippen molar-refractivity contribution >= 4 is 40.7 Å². The Bertz CT molecular complexity index is 824. The van der Waals surface area contributed by atoms with E-state index in [1.165, 1.54) is 6.07 Å². The van der Waals surface area contributed by atoms with Gasteiger partial charge in [-0.05, 0) is 37.3 Å². The van der Waals surface area contributed by atoms with Crippen molar-refractivity contribution in [3.05, 3.63) is 70.7 Å². The Hall–Kier alpha value is -2.50. The molecule has 7 heteroatoms. The summed E-state index contributed by atoms with van der Waals surface area (Å²) in [6.07, 6.45) is 0.739. The van der Waals surface area contributed by atoms with Crippen LogP contribution in [0, 0.1) is 0 Å². The van der Waals surface area contributed by atoms with Gasteiger partial charge in [0.25, 0.3) is 11.8 Å². The first-order valence-corrected chi connectivity index (χ1v) is 8.58. The molecule has 1 atom stereocenters. The summed E-state index contributed by atoms with van der Waals surface area (Å²) in [6.45, 7) is 5.47. The number of hydrogen-bond donors (Lipinski definition) is 2. The van der Waals surface area contributed by atoms with Crippen LogP contribution < -0.4 is 15.4 Å². The van der Waals surface area contributed by atoms with Crippen LogP contribution in [0.15, 0.2) is 55.1 Å². The van der Waals surface area contributed by atoms with E-state index >= 15 is 0 Å². The number of ether oxygens (including phenoxy) is 1. The van der Waals surface area contributed by atoms with E-state index in [9.17, 15) is 9.59 Å². The van der Waals surface area contributed by atoms with Crippen molar-refractivity contribution in [3.63, 3.8) is 0 Å². The van der Waals surface area contributed by atoms with Crippen molar-refractivity contribution in [1.82, 2.24) is 5.32 Å². The van der Waals surface area contributed by atoms with Crippen LogP contribution in [0.2, 0.25) is 10.0 Å². The van der Waals surface area contributed by atoms with Crippen molar-refractivity contribution in [3.8, 4) is 5.75 Å². The number of nitrogens with one attached hydrogen (secondary N) is 2. The molecule has 2 aromatic carbocycles. The molecule has 0 bridgehead atoms. The lowest BCUT2D eigenvalue weighted by molar-refractivity contribution is -0.122. The minimum atomic E-state index is -0.835. The van der Waals surface area contributed by atoms with Crippen molar-refractivity contribution < 1.29 is 14.3 Å². The largest absolute Gasteiger partial charge is 0.479 e. The molecule has 2 N–H and O–H groups in total. The van der Waals surface area contributed by atoms with Crippen LogP contribution in [0.5, 0.6) is 5.75 Å². The molecule has 0 aliphatic rings. The number of amides is 2. The van der Waals surface area contributed by atoms with E-state index in [0.29, 0.717) is 33.6 Å². The predicted octanol–water partition coefficient (Wildman–Crippen LogP) is 4.32. The lowest BCUT2D eigenvalue weighted by Crippen LogP contribution is -2.31. The van der Waals surface area contributed by atoms with Crippen LogP contribution in [-0.4, -0.2) is 24.5 Å². The predicted molar refractivity (Wildman–Crippen MR) is 104 cm³/mol. The molecule has 2 rings (SSSR count). The highest BCUT2D eigenvalue weighted by molar-refractivity contribution is 6.35. The molecule has 2 aromatic rings. The second kappa shape index (κ2) is 9.27. The standard InChI is InChI=1S/C19H18Cl2N2O3/c1-3-10-22-19(25)14-6-4-5-7-16(14)23-18(24)12(2)26-17-9-8-13(20)11-15(17)21/h3-9,11-12H,1,10H2,2H3,(H,22,25)(H,23,24). The lowest BCUT2D eigenvalue weighted by atomic mass is 10.1. The zero-order chi connectivity index (χ0) is 19.1. The molecule has 0 aliphatic carbocycles. The van der Waals surface area contributed by atoms with Crippen LogP contribution in [0.1, 0.15) is 17.3 Å². The van der Waals surface area contributed by atoms with Crippen LogP contribution in [0.25, 0.3) is 0 Å². The summed E-state index contributed by atoms with van der Waals surface area (Å²) in [5, 5.41) is 6.15. The Kier molecular flexibility index (Phi) is 7.06. The second-order valence-electron chi connectivity index (χ2n) is 5.37. The zero-order valence-corrected chi connectivity index (χ0v) is 15.6.